The van der Waals surface area contributed by atoms with Gasteiger partial charge in [-0.25, -0.2) is 0 Å². The fourth-order valence-corrected chi connectivity index (χ4v) is 4.06. The van der Waals surface area contributed by atoms with Crippen LogP contribution in [-0.2, 0) is 16.1 Å². The molecule has 2 aromatic carbocycles. The van der Waals surface area contributed by atoms with Crippen molar-refractivity contribution in [1.82, 2.24) is 4.90 Å². The molecule has 1 aliphatic heterocycles. The van der Waals surface area contributed by atoms with Crippen LogP contribution in [0.15, 0.2) is 42.5 Å². The maximum Gasteiger partial charge on any atom is 0.387 e. The van der Waals surface area contributed by atoms with Gasteiger partial charge in [-0.3, -0.25) is 14.5 Å². The minimum atomic E-state index is -2.92. The minimum Gasteiger partial charge on any atom is -0.489 e. The topological polar surface area (TPSA) is 79.9 Å². The second kappa shape index (κ2) is 10.8. The highest BCUT2D eigenvalue weighted by molar-refractivity contribution is 5.95. The number of likely N-dealkylation sites (tertiary alicyclic amines) is 1. The molecule has 34 heavy (non-hydrogen) atoms. The van der Waals surface area contributed by atoms with Gasteiger partial charge in [0.1, 0.15) is 0 Å². The summed E-state index contributed by atoms with van der Waals surface area (Å²) in [5, 5.41) is 5.63. The Hall–Kier alpha value is -3.20. The van der Waals surface area contributed by atoms with Crippen LogP contribution in [0.5, 0.6) is 11.5 Å². The Morgan fingerprint density at radius 2 is 1.74 bits per heavy atom. The van der Waals surface area contributed by atoms with Crippen LogP contribution in [0.3, 0.4) is 0 Å². The Morgan fingerprint density at radius 3 is 2.38 bits per heavy atom. The average Bonchev–Trinajstić information content (AvgIpc) is 3.50. The summed E-state index contributed by atoms with van der Waals surface area (Å²) in [7, 11) is 0. The van der Waals surface area contributed by atoms with Gasteiger partial charge in [-0.2, -0.15) is 8.78 Å². The highest BCUT2D eigenvalue weighted by atomic mass is 19.3. The van der Waals surface area contributed by atoms with Crippen molar-refractivity contribution in [3.05, 3.63) is 48.0 Å². The van der Waals surface area contributed by atoms with Crippen LogP contribution in [0.1, 0.15) is 38.2 Å². The molecule has 182 valence electrons. The molecule has 2 N–H and O–H groups in total. The standard InChI is InChI=1S/C25H29F2N3O4/c1-16(31)28-19-7-9-20(10-8-19)29-24(32)21-3-2-12-30(21)14-18-6-11-22(34-25(26)27)23(13-18)33-15-17-4-5-17/h6-11,13,17,21,25H,2-5,12,14-15H2,1H3,(H,28,31)(H,29,32)/t21-/m0/s1. The van der Waals surface area contributed by atoms with Gasteiger partial charge in [0.2, 0.25) is 11.8 Å². The van der Waals surface area contributed by atoms with Crippen molar-refractivity contribution in [2.45, 2.75) is 51.8 Å². The van der Waals surface area contributed by atoms with Crippen molar-refractivity contribution < 1.29 is 27.8 Å². The van der Waals surface area contributed by atoms with Gasteiger partial charge in [0.25, 0.3) is 0 Å². The Bertz CT molecular complexity index is 1010. The number of hydrogen-bond donors (Lipinski definition) is 2. The van der Waals surface area contributed by atoms with Crippen LogP contribution in [0, 0.1) is 5.92 Å². The summed E-state index contributed by atoms with van der Waals surface area (Å²) < 4.78 is 36.0. The summed E-state index contributed by atoms with van der Waals surface area (Å²) in [6.45, 7) is 0.249. The molecule has 7 nitrogen and oxygen atoms in total. The monoisotopic (exact) mass is 473 g/mol. The first-order valence-electron chi connectivity index (χ1n) is 11.5. The molecule has 2 aromatic rings. The molecule has 1 atom stereocenters. The molecule has 4 rings (SSSR count). The van der Waals surface area contributed by atoms with Crippen molar-refractivity contribution in [3.8, 4) is 11.5 Å². The lowest BCUT2D eigenvalue weighted by molar-refractivity contribution is -0.120. The summed E-state index contributed by atoms with van der Waals surface area (Å²) in [6, 6.07) is 11.6. The number of halogens is 2. The van der Waals surface area contributed by atoms with Gasteiger partial charge < -0.3 is 20.1 Å². The van der Waals surface area contributed by atoms with E-state index in [4.69, 9.17) is 4.74 Å². The number of nitrogens with one attached hydrogen (secondary N) is 2. The smallest absolute Gasteiger partial charge is 0.387 e. The molecule has 2 aliphatic rings. The number of hydrogen-bond acceptors (Lipinski definition) is 5. The number of carbonyl (C=O) groups excluding carboxylic acids is 2. The maximum atomic E-state index is 13.0. The SMILES string of the molecule is CC(=O)Nc1ccc(NC(=O)[C@@H]2CCCN2Cc2ccc(OC(F)F)c(OCC3CC3)c2)cc1. The Kier molecular flexibility index (Phi) is 7.62. The normalized spacial score (nSPS) is 18.1. The number of benzene rings is 2. The number of nitrogens with zero attached hydrogens (tertiary/aromatic N) is 1. The molecule has 9 heteroatoms. The second-order valence-corrected chi connectivity index (χ2v) is 8.79. The van der Waals surface area contributed by atoms with Gasteiger partial charge in [-0.15, -0.1) is 0 Å². The molecule has 2 fully saturated rings. The molecule has 0 spiro atoms. The van der Waals surface area contributed by atoms with Crippen LogP contribution >= 0.6 is 0 Å². The maximum absolute atomic E-state index is 13.0. The molecule has 1 aliphatic carbocycles. The van der Waals surface area contributed by atoms with Crippen molar-refractivity contribution in [2.75, 3.05) is 23.8 Å². The number of rotatable bonds is 10. The van der Waals surface area contributed by atoms with E-state index >= 15 is 0 Å². The lowest BCUT2D eigenvalue weighted by atomic mass is 10.1. The van der Waals surface area contributed by atoms with Gasteiger partial charge in [0, 0.05) is 24.8 Å². The summed E-state index contributed by atoms with van der Waals surface area (Å²) in [6.07, 6.45) is 3.79. The molecular formula is C25H29F2N3O4. The molecule has 1 saturated carbocycles. The van der Waals surface area contributed by atoms with Crippen LogP contribution in [0.25, 0.3) is 0 Å². The third-order valence-electron chi connectivity index (χ3n) is 5.92. The summed E-state index contributed by atoms with van der Waals surface area (Å²) in [5.74, 6) is 0.546. The number of amides is 2. The fourth-order valence-electron chi connectivity index (χ4n) is 4.06. The molecule has 1 heterocycles. The fraction of sp³-hybridized carbons (Fsp3) is 0.440. The zero-order chi connectivity index (χ0) is 24.1. The van der Waals surface area contributed by atoms with Crippen molar-refractivity contribution in [3.63, 3.8) is 0 Å². The van der Waals surface area contributed by atoms with E-state index in [-0.39, 0.29) is 23.6 Å². The highest BCUT2D eigenvalue weighted by Crippen LogP contribution is 2.35. The first kappa shape index (κ1) is 23.9. The predicted molar refractivity (Wildman–Crippen MR) is 124 cm³/mol. The molecule has 0 unspecified atom stereocenters. The number of carbonyl (C=O) groups is 2. The van der Waals surface area contributed by atoms with E-state index in [1.807, 2.05) is 0 Å². The van der Waals surface area contributed by atoms with Gasteiger partial charge in [-0.1, -0.05) is 6.07 Å². The highest BCUT2D eigenvalue weighted by Gasteiger charge is 2.31. The minimum absolute atomic E-state index is 0.0258. The molecular weight excluding hydrogens is 444 g/mol. The summed E-state index contributed by atoms with van der Waals surface area (Å²) in [5.41, 5.74) is 2.17. The molecule has 2 amide bonds. The van der Waals surface area contributed by atoms with Crippen molar-refractivity contribution in [2.24, 2.45) is 5.92 Å². The zero-order valence-corrected chi connectivity index (χ0v) is 19.1. The van der Waals surface area contributed by atoms with Gasteiger partial charge in [-0.05, 0) is 80.1 Å². The third-order valence-corrected chi connectivity index (χ3v) is 5.92. The number of alkyl halides is 2. The summed E-state index contributed by atoms with van der Waals surface area (Å²) in [4.78, 5) is 26.2. The van der Waals surface area contributed by atoms with E-state index < -0.39 is 6.61 Å². The second-order valence-electron chi connectivity index (χ2n) is 8.79. The Labute approximate surface area is 197 Å². The van der Waals surface area contributed by atoms with E-state index in [1.165, 1.54) is 13.0 Å². The molecule has 1 saturated heterocycles. The van der Waals surface area contributed by atoms with Gasteiger partial charge in [0.15, 0.2) is 11.5 Å². The predicted octanol–water partition coefficient (Wildman–Crippen LogP) is 4.64. The Morgan fingerprint density at radius 1 is 1.03 bits per heavy atom. The quantitative estimate of drug-likeness (QED) is 0.526. The molecule has 0 radical (unpaired) electrons. The number of anilines is 2. The van der Waals surface area contributed by atoms with Crippen LogP contribution < -0.4 is 20.1 Å². The van der Waals surface area contributed by atoms with Crippen LogP contribution in [-0.4, -0.2) is 42.5 Å². The third kappa shape index (κ3) is 6.66. The van der Waals surface area contributed by atoms with E-state index in [9.17, 15) is 18.4 Å². The van der Waals surface area contributed by atoms with Crippen LogP contribution in [0.4, 0.5) is 20.2 Å². The van der Waals surface area contributed by atoms with E-state index in [1.54, 1.807) is 36.4 Å². The van der Waals surface area contributed by atoms with Crippen LogP contribution in [0.2, 0.25) is 0 Å². The van der Waals surface area contributed by atoms with E-state index in [0.29, 0.717) is 36.2 Å². The number of ether oxygens (including phenoxy) is 2. The van der Waals surface area contributed by atoms with Gasteiger partial charge >= 0.3 is 6.61 Å². The first-order chi connectivity index (χ1) is 16.4. The average molecular weight is 474 g/mol. The first-order valence-corrected chi connectivity index (χ1v) is 11.5. The zero-order valence-electron chi connectivity index (χ0n) is 19.1. The van der Waals surface area contributed by atoms with Crippen molar-refractivity contribution >= 4 is 23.2 Å². The van der Waals surface area contributed by atoms with E-state index in [2.05, 4.69) is 20.3 Å². The van der Waals surface area contributed by atoms with Gasteiger partial charge in [0.05, 0.1) is 12.6 Å². The molecule has 0 bridgehead atoms. The van der Waals surface area contributed by atoms with E-state index in [0.717, 1.165) is 37.8 Å². The molecule has 0 aromatic heterocycles. The Balaban J connectivity index is 1.39. The lowest BCUT2D eigenvalue weighted by Crippen LogP contribution is -2.39. The largest absolute Gasteiger partial charge is 0.489 e. The lowest BCUT2D eigenvalue weighted by Gasteiger charge is -2.24. The summed E-state index contributed by atoms with van der Waals surface area (Å²) >= 11 is 0. The van der Waals surface area contributed by atoms with Crippen molar-refractivity contribution in [1.29, 1.82) is 0 Å².